The molecule has 3 aliphatic rings. The summed E-state index contributed by atoms with van der Waals surface area (Å²) >= 11 is 0. The summed E-state index contributed by atoms with van der Waals surface area (Å²) in [4.78, 5) is 15.1. The normalized spacial score (nSPS) is 27.6. The van der Waals surface area contributed by atoms with Gasteiger partial charge < -0.3 is 5.32 Å². The summed E-state index contributed by atoms with van der Waals surface area (Å²) in [6, 6.07) is 7.48. The van der Waals surface area contributed by atoms with Crippen molar-refractivity contribution < 1.29 is 9.18 Å². The second kappa shape index (κ2) is 4.80. The first-order chi connectivity index (χ1) is 10.2. The van der Waals surface area contributed by atoms with Crippen LogP contribution < -0.4 is 5.32 Å². The Labute approximate surface area is 124 Å². The molecule has 1 N–H and O–H groups in total. The lowest BCUT2D eigenvalue weighted by molar-refractivity contribution is -0.124. The van der Waals surface area contributed by atoms with Crippen LogP contribution in [0.1, 0.15) is 37.7 Å². The van der Waals surface area contributed by atoms with Crippen molar-refractivity contribution >= 4 is 5.91 Å². The van der Waals surface area contributed by atoms with Gasteiger partial charge in [0.05, 0.1) is 5.41 Å². The fourth-order valence-corrected chi connectivity index (χ4v) is 3.54. The maximum atomic E-state index is 13.0. The minimum Gasteiger partial charge on any atom is -0.351 e. The Balaban J connectivity index is 1.41. The van der Waals surface area contributed by atoms with E-state index in [9.17, 15) is 9.18 Å². The van der Waals surface area contributed by atoms with Crippen molar-refractivity contribution in [2.24, 2.45) is 0 Å². The largest absolute Gasteiger partial charge is 0.351 e. The SMILES string of the molecule is O=C(N[C@H]1CCN(C2CC2)C1)C1(c2ccc(F)cc2)CC1. The third kappa shape index (κ3) is 2.46. The van der Waals surface area contributed by atoms with Crippen LogP contribution in [0.25, 0.3) is 0 Å². The molecule has 4 rings (SSSR count). The molecule has 4 heteroatoms. The highest BCUT2D eigenvalue weighted by atomic mass is 19.1. The molecule has 1 heterocycles. The molecular formula is C17H21FN2O. The number of carbonyl (C=O) groups excluding carboxylic acids is 1. The number of rotatable bonds is 4. The third-order valence-corrected chi connectivity index (χ3v) is 5.20. The van der Waals surface area contributed by atoms with Crippen LogP contribution in [0.5, 0.6) is 0 Å². The van der Waals surface area contributed by atoms with Crippen LogP contribution in [0.3, 0.4) is 0 Å². The van der Waals surface area contributed by atoms with Gasteiger partial charge in [-0.1, -0.05) is 12.1 Å². The Bertz CT molecular complexity index is 548. The molecule has 1 aromatic carbocycles. The summed E-state index contributed by atoms with van der Waals surface area (Å²) < 4.78 is 13.0. The second-order valence-electron chi connectivity index (χ2n) is 6.77. The Morgan fingerprint density at radius 1 is 1.19 bits per heavy atom. The van der Waals surface area contributed by atoms with Crippen molar-refractivity contribution in [1.82, 2.24) is 10.2 Å². The van der Waals surface area contributed by atoms with Gasteiger partial charge in [0.2, 0.25) is 5.91 Å². The number of hydrogen-bond donors (Lipinski definition) is 1. The molecule has 2 aliphatic carbocycles. The van der Waals surface area contributed by atoms with Gasteiger partial charge in [-0.15, -0.1) is 0 Å². The first kappa shape index (κ1) is 13.3. The highest BCUT2D eigenvalue weighted by molar-refractivity contribution is 5.91. The first-order valence-corrected chi connectivity index (χ1v) is 7.98. The van der Waals surface area contributed by atoms with Crippen LogP contribution in [0.2, 0.25) is 0 Å². The van der Waals surface area contributed by atoms with Gasteiger partial charge in [0.25, 0.3) is 0 Å². The minimum atomic E-state index is -0.388. The van der Waals surface area contributed by atoms with E-state index in [-0.39, 0.29) is 23.2 Å². The molecule has 2 saturated carbocycles. The molecule has 1 aromatic rings. The zero-order valence-corrected chi connectivity index (χ0v) is 12.1. The average molecular weight is 288 g/mol. The summed E-state index contributed by atoms with van der Waals surface area (Å²) in [7, 11) is 0. The molecule has 21 heavy (non-hydrogen) atoms. The van der Waals surface area contributed by atoms with E-state index in [0.717, 1.165) is 44.0 Å². The zero-order valence-electron chi connectivity index (χ0n) is 12.1. The third-order valence-electron chi connectivity index (χ3n) is 5.20. The quantitative estimate of drug-likeness (QED) is 0.921. The maximum absolute atomic E-state index is 13.0. The van der Waals surface area contributed by atoms with E-state index >= 15 is 0 Å². The first-order valence-electron chi connectivity index (χ1n) is 7.98. The van der Waals surface area contributed by atoms with Gasteiger partial charge in [0.15, 0.2) is 0 Å². The lowest BCUT2D eigenvalue weighted by Gasteiger charge is -2.20. The predicted molar refractivity (Wildman–Crippen MR) is 78.5 cm³/mol. The molecule has 1 amide bonds. The number of nitrogens with zero attached hydrogens (tertiary/aromatic N) is 1. The molecule has 1 atom stereocenters. The molecule has 0 radical (unpaired) electrons. The number of halogens is 1. The second-order valence-corrected chi connectivity index (χ2v) is 6.77. The molecule has 3 nitrogen and oxygen atoms in total. The highest BCUT2D eigenvalue weighted by Crippen LogP contribution is 2.48. The fourth-order valence-electron chi connectivity index (χ4n) is 3.54. The molecule has 1 aliphatic heterocycles. The standard InChI is InChI=1S/C17H21FN2O/c18-13-3-1-12(2-4-13)17(8-9-17)16(21)19-14-7-10-20(11-14)15-5-6-15/h1-4,14-15H,5-11H2,(H,19,21)/t14-/m0/s1. The molecule has 112 valence electrons. The summed E-state index contributed by atoms with van der Waals surface area (Å²) in [5, 5.41) is 3.23. The van der Waals surface area contributed by atoms with Crippen molar-refractivity contribution in [3.05, 3.63) is 35.6 Å². The number of hydrogen-bond acceptors (Lipinski definition) is 2. The number of carbonyl (C=O) groups is 1. The number of amides is 1. The van der Waals surface area contributed by atoms with E-state index in [0.29, 0.717) is 0 Å². The lowest BCUT2D eigenvalue weighted by atomic mass is 9.94. The smallest absolute Gasteiger partial charge is 0.230 e. The van der Waals surface area contributed by atoms with Crippen LogP contribution >= 0.6 is 0 Å². The Hall–Kier alpha value is -1.42. The van der Waals surface area contributed by atoms with Crippen molar-refractivity contribution in [2.75, 3.05) is 13.1 Å². The van der Waals surface area contributed by atoms with Gasteiger partial charge in [0, 0.05) is 25.2 Å². The van der Waals surface area contributed by atoms with Gasteiger partial charge in [-0.25, -0.2) is 4.39 Å². The minimum absolute atomic E-state index is 0.136. The van der Waals surface area contributed by atoms with Crippen LogP contribution in [-0.2, 0) is 10.2 Å². The molecule has 1 saturated heterocycles. The van der Waals surface area contributed by atoms with E-state index in [1.54, 1.807) is 12.1 Å². The monoisotopic (exact) mass is 288 g/mol. The Morgan fingerprint density at radius 3 is 2.52 bits per heavy atom. The van der Waals surface area contributed by atoms with Gasteiger partial charge in [-0.2, -0.15) is 0 Å². The van der Waals surface area contributed by atoms with Gasteiger partial charge in [-0.05, 0) is 49.8 Å². The van der Waals surface area contributed by atoms with Crippen molar-refractivity contribution in [1.29, 1.82) is 0 Å². The Kier molecular flexibility index (Phi) is 3.03. The van der Waals surface area contributed by atoms with Gasteiger partial charge in [0.1, 0.15) is 5.82 Å². The van der Waals surface area contributed by atoms with Gasteiger partial charge >= 0.3 is 0 Å². The maximum Gasteiger partial charge on any atom is 0.230 e. The van der Waals surface area contributed by atoms with Crippen LogP contribution in [0, 0.1) is 5.82 Å². The fraction of sp³-hybridized carbons (Fsp3) is 0.588. The van der Waals surface area contributed by atoms with E-state index in [2.05, 4.69) is 10.2 Å². The van der Waals surface area contributed by atoms with Crippen molar-refractivity contribution in [3.8, 4) is 0 Å². The van der Waals surface area contributed by atoms with E-state index < -0.39 is 0 Å². The van der Waals surface area contributed by atoms with Crippen LogP contribution in [0.15, 0.2) is 24.3 Å². The predicted octanol–water partition coefficient (Wildman–Crippen LogP) is 2.21. The topological polar surface area (TPSA) is 32.3 Å². The molecule has 0 unspecified atom stereocenters. The number of likely N-dealkylation sites (tertiary alicyclic amines) is 1. The molecule has 3 fully saturated rings. The van der Waals surface area contributed by atoms with Gasteiger partial charge in [-0.3, -0.25) is 9.69 Å². The summed E-state index contributed by atoms with van der Waals surface area (Å²) in [5.41, 5.74) is 0.569. The van der Waals surface area contributed by atoms with Crippen LogP contribution in [0.4, 0.5) is 4.39 Å². The molecule has 0 aromatic heterocycles. The molecular weight excluding hydrogens is 267 g/mol. The zero-order chi connectivity index (χ0) is 14.4. The van der Waals surface area contributed by atoms with E-state index in [1.165, 1.54) is 25.0 Å². The summed E-state index contributed by atoms with van der Waals surface area (Å²) in [6.45, 7) is 2.11. The average Bonchev–Trinajstić information content (AvgIpc) is 3.39. The molecule has 0 spiro atoms. The van der Waals surface area contributed by atoms with E-state index in [4.69, 9.17) is 0 Å². The molecule has 0 bridgehead atoms. The number of nitrogens with one attached hydrogen (secondary N) is 1. The van der Waals surface area contributed by atoms with E-state index in [1.807, 2.05) is 0 Å². The van der Waals surface area contributed by atoms with Crippen LogP contribution in [-0.4, -0.2) is 36.0 Å². The van der Waals surface area contributed by atoms with Crippen molar-refractivity contribution in [3.63, 3.8) is 0 Å². The summed E-state index contributed by atoms with van der Waals surface area (Å²) in [6.07, 6.45) is 5.45. The summed E-state index contributed by atoms with van der Waals surface area (Å²) in [5.74, 6) is -0.109. The van der Waals surface area contributed by atoms with Crippen molar-refractivity contribution in [2.45, 2.75) is 49.6 Å². The number of benzene rings is 1. The highest BCUT2D eigenvalue weighted by Gasteiger charge is 2.52. The lowest BCUT2D eigenvalue weighted by Crippen LogP contribution is -2.43. The Morgan fingerprint density at radius 2 is 1.90 bits per heavy atom.